The monoisotopic (exact) mass is 295 g/mol. The van der Waals surface area contributed by atoms with Crippen molar-refractivity contribution in [1.82, 2.24) is 14.5 Å². The number of imidazole rings is 1. The summed E-state index contributed by atoms with van der Waals surface area (Å²) in [4.78, 5) is 6.79. The maximum Gasteiger partial charge on any atom is 0.108 e. The van der Waals surface area contributed by atoms with E-state index in [1.807, 2.05) is 26.2 Å². The average molecular weight is 295 g/mol. The largest absolute Gasteiger partial charge is 0.389 e. The highest BCUT2D eigenvalue weighted by Gasteiger charge is 2.23. The van der Waals surface area contributed by atoms with Crippen molar-refractivity contribution < 1.29 is 9.84 Å². The molecule has 1 aromatic rings. The highest BCUT2D eigenvalue weighted by molar-refractivity contribution is 4.94. The number of aryl methyl sites for hydroxylation is 1. The molecule has 0 aliphatic carbocycles. The minimum atomic E-state index is -0.390. The van der Waals surface area contributed by atoms with Gasteiger partial charge in [0.2, 0.25) is 0 Å². The maximum absolute atomic E-state index is 10.1. The number of β-amino-alcohol motifs (C(OH)–C–C–N with tert-alkyl or cyclic N) is 1. The predicted molar refractivity (Wildman–Crippen MR) is 83.2 cm³/mol. The second-order valence-corrected chi connectivity index (χ2v) is 6.46. The number of aliphatic hydroxyl groups is 1. The van der Waals surface area contributed by atoms with Crippen LogP contribution in [0.4, 0.5) is 0 Å². The Bertz CT molecular complexity index is 419. The Morgan fingerprint density at radius 2 is 2.29 bits per heavy atom. The van der Waals surface area contributed by atoms with Crippen LogP contribution < -0.4 is 0 Å². The van der Waals surface area contributed by atoms with Crippen LogP contribution in [-0.2, 0) is 18.2 Å². The van der Waals surface area contributed by atoms with Gasteiger partial charge in [-0.15, -0.1) is 0 Å². The Kier molecular flexibility index (Phi) is 6.21. The first-order valence-corrected chi connectivity index (χ1v) is 8.02. The van der Waals surface area contributed by atoms with Crippen LogP contribution in [0, 0.1) is 5.92 Å². The number of aliphatic hydroxyl groups excluding tert-OH is 1. The summed E-state index contributed by atoms with van der Waals surface area (Å²) in [5.41, 5.74) is 0. The van der Waals surface area contributed by atoms with Gasteiger partial charge in [0, 0.05) is 39.0 Å². The summed E-state index contributed by atoms with van der Waals surface area (Å²) in [5.74, 6) is 1.80. The Morgan fingerprint density at radius 3 is 2.95 bits per heavy atom. The van der Waals surface area contributed by atoms with E-state index in [2.05, 4.69) is 21.5 Å². The molecule has 1 aliphatic heterocycles. The minimum Gasteiger partial charge on any atom is -0.389 e. The van der Waals surface area contributed by atoms with Crippen LogP contribution in [0.15, 0.2) is 12.4 Å². The molecule has 1 aromatic heterocycles. The molecule has 1 saturated heterocycles. The molecule has 1 fully saturated rings. The zero-order valence-corrected chi connectivity index (χ0v) is 13.5. The maximum atomic E-state index is 10.1. The number of nitrogens with zero attached hydrogens (tertiary/aromatic N) is 3. The van der Waals surface area contributed by atoms with Gasteiger partial charge in [-0.3, -0.25) is 0 Å². The van der Waals surface area contributed by atoms with E-state index in [1.54, 1.807) is 0 Å². The first-order chi connectivity index (χ1) is 10.0. The summed E-state index contributed by atoms with van der Waals surface area (Å²) in [5, 5.41) is 10.1. The normalized spacial score (nSPS) is 21.9. The lowest BCUT2D eigenvalue weighted by atomic mass is 9.94. The van der Waals surface area contributed by atoms with Gasteiger partial charge in [0.15, 0.2) is 0 Å². The van der Waals surface area contributed by atoms with Crippen molar-refractivity contribution in [3.63, 3.8) is 0 Å². The van der Waals surface area contributed by atoms with Gasteiger partial charge >= 0.3 is 0 Å². The highest BCUT2D eigenvalue weighted by atomic mass is 16.5. The van der Waals surface area contributed by atoms with Crippen LogP contribution >= 0.6 is 0 Å². The molecule has 2 unspecified atom stereocenters. The van der Waals surface area contributed by atoms with E-state index in [-0.39, 0.29) is 12.2 Å². The number of ether oxygens (including phenoxy) is 1. The highest BCUT2D eigenvalue weighted by Crippen LogP contribution is 2.20. The van der Waals surface area contributed by atoms with E-state index in [4.69, 9.17) is 4.74 Å². The average Bonchev–Trinajstić information content (AvgIpc) is 2.82. The van der Waals surface area contributed by atoms with E-state index < -0.39 is 0 Å². The van der Waals surface area contributed by atoms with Crippen LogP contribution in [0.25, 0.3) is 0 Å². The molecule has 2 atom stereocenters. The fraction of sp³-hybridized carbons (Fsp3) is 0.812. The number of hydrogen-bond acceptors (Lipinski definition) is 4. The molecule has 120 valence electrons. The Morgan fingerprint density at radius 1 is 1.48 bits per heavy atom. The third-order valence-electron chi connectivity index (χ3n) is 4.09. The fourth-order valence-electron chi connectivity index (χ4n) is 2.99. The molecule has 2 heterocycles. The molecular formula is C16H29N3O2. The molecule has 0 bridgehead atoms. The molecular weight excluding hydrogens is 266 g/mol. The van der Waals surface area contributed by atoms with Gasteiger partial charge in [-0.2, -0.15) is 0 Å². The zero-order chi connectivity index (χ0) is 15.2. The smallest absolute Gasteiger partial charge is 0.108 e. The second kappa shape index (κ2) is 7.92. The van der Waals surface area contributed by atoms with Crippen molar-refractivity contribution in [2.75, 3.05) is 26.2 Å². The van der Waals surface area contributed by atoms with Crippen LogP contribution in [-0.4, -0.2) is 58.0 Å². The summed E-state index contributed by atoms with van der Waals surface area (Å²) in [6.45, 7) is 7.26. The Balaban J connectivity index is 1.76. The number of hydrogen-bond donors (Lipinski definition) is 1. The number of aromatic nitrogens is 2. The number of rotatable bonds is 7. The first kappa shape index (κ1) is 16.5. The summed E-state index contributed by atoms with van der Waals surface area (Å²) in [6, 6.07) is 0. The number of piperidine rings is 1. The SMILES string of the molecule is CC(C)OCC(O)CN1CCCC(Cc2nccn2C)C1. The van der Waals surface area contributed by atoms with Crippen LogP contribution in [0.1, 0.15) is 32.5 Å². The Labute approximate surface area is 127 Å². The van der Waals surface area contributed by atoms with Gasteiger partial charge in [-0.05, 0) is 39.2 Å². The second-order valence-electron chi connectivity index (χ2n) is 6.46. The molecule has 1 N–H and O–H groups in total. The fourth-order valence-corrected chi connectivity index (χ4v) is 2.99. The molecule has 5 nitrogen and oxygen atoms in total. The topological polar surface area (TPSA) is 50.5 Å². The lowest BCUT2D eigenvalue weighted by Gasteiger charge is -2.33. The van der Waals surface area contributed by atoms with Gasteiger partial charge in [-0.25, -0.2) is 4.98 Å². The predicted octanol–water partition coefficient (Wildman–Crippen LogP) is 1.46. The first-order valence-electron chi connectivity index (χ1n) is 8.02. The molecule has 21 heavy (non-hydrogen) atoms. The molecule has 0 saturated carbocycles. The minimum absolute atomic E-state index is 0.178. The van der Waals surface area contributed by atoms with Crippen LogP contribution in [0.3, 0.4) is 0 Å². The Hall–Kier alpha value is -0.910. The summed E-state index contributed by atoms with van der Waals surface area (Å²) < 4.78 is 7.58. The quantitative estimate of drug-likeness (QED) is 0.827. The van der Waals surface area contributed by atoms with Gasteiger partial charge in [0.1, 0.15) is 5.82 Å². The molecule has 5 heteroatoms. The van der Waals surface area contributed by atoms with Gasteiger partial charge in [0.25, 0.3) is 0 Å². The summed E-state index contributed by atoms with van der Waals surface area (Å²) in [6.07, 6.45) is 7.13. The molecule has 0 aromatic carbocycles. The van der Waals surface area contributed by atoms with Crippen molar-refractivity contribution in [1.29, 1.82) is 0 Å². The zero-order valence-electron chi connectivity index (χ0n) is 13.5. The van der Waals surface area contributed by atoms with Gasteiger partial charge in [-0.1, -0.05) is 0 Å². The van der Waals surface area contributed by atoms with Crippen molar-refractivity contribution in [2.45, 2.75) is 45.3 Å². The molecule has 1 aliphatic rings. The van der Waals surface area contributed by atoms with Gasteiger partial charge in [0.05, 0.1) is 18.8 Å². The van der Waals surface area contributed by atoms with Crippen molar-refractivity contribution in [3.8, 4) is 0 Å². The van der Waals surface area contributed by atoms with E-state index >= 15 is 0 Å². The number of likely N-dealkylation sites (tertiary alicyclic amines) is 1. The van der Waals surface area contributed by atoms with E-state index in [0.29, 0.717) is 19.1 Å². The van der Waals surface area contributed by atoms with E-state index in [9.17, 15) is 5.11 Å². The van der Waals surface area contributed by atoms with Crippen LogP contribution in [0.2, 0.25) is 0 Å². The van der Waals surface area contributed by atoms with Crippen LogP contribution in [0.5, 0.6) is 0 Å². The summed E-state index contributed by atoms with van der Waals surface area (Å²) >= 11 is 0. The van der Waals surface area contributed by atoms with E-state index in [0.717, 1.165) is 25.3 Å². The van der Waals surface area contributed by atoms with Gasteiger partial charge < -0.3 is 19.3 Å². The van der Waals surface area contributed by atoms with E-state index in [1.165, 1.54) is 12.8 Å². The lowest BCUT2D eigenvalue weighted by molar-refractivity contribution is -0.0135. The standard InChI is InChI=1S/C16H29N3O2/c1-13(2)21-12-15(20)11-19-7-4-5-14(10-19)9-16-17-6-8-18(16)3/h6,8,13-15,20H,4-5,7,9-12H2,1-3H3. The third-order valence-corrected chi connectivity index (χ3v) is 4.09. The van der Waals surface area contributed by atoms with Crippen molar-refractivity contribution in [3.05, 3.63) is 18.2 Å². The van der Waals surface area contributed by atoms with Crippen molar-refractivity contribution >= 4 is 0 Å². The molecule has 0 spiro atoms. The molecule has 2 rings (SSSR count). The lowest BCUT2D eigenvalue weighted by Crippen LogP contribution is -2.42. The summed E-state index contributed by atoms with van der Waals surface area (Å²) in [7, 11) is 2.05. The third kappa shape index (κ3) is 5.41. The van der Waals surface area contributed by atoms with Crippen molar-refractivity contribution in [2.24, 2.45) is 13.0 Å². The molecule has 0 radical (unpaired) electrons. The molecule has 0 amide bonds.